The molecule has 0 unspecified atom stereocenters. The lowest BCUT2D eigenvalue weighted by Gasteiger charge is -2.24. The Kier molecular flexibility index (Phi) is 3.69. The van der Waals surface area contributed by atoms with Crippen LogP contribution in [0, 0.1) is 0 Å². The molecule has 0 amide bonds. The molecule has 0 heterocycles. The second kappa shape index (κ2) is 4.65. The molecule has 0 N–H and O–H groups in total. The molecule has 0 aliphatic rings. The van der Waals surface area contributed by atoms with E-state index in [9.17, 15) is 4.79 Å². The fourth-order valence-electron chi connectivity index (χ4n) is 1.93. The molecule has 1 rings (SSSR count). The minimum absolute atomic E-state index is 0.0999. The first-order valence-corrected chi connectivity index (χ1v) is 5.59. The van der Waals surface area contributed by atoms with Gasteiger partial charge in [-0.3, -0.25) is 4.79 Å². The summed E-state index contributed by atoms with van der Waals surface area (Å²) in [7, 11) is 0. The molecular weight excluding hydrogens is 196 g/mol. The van der Waals surface area contributed by atoms with Gasteiger partial charge in [0.25, 0.3) is 0 Å². The molecule has 86 valence electrons. The van der Waals surface area contributed by atoms with E-state index in [1.54, 1.807) is 6.92 Å². The van der Waals surface area contributed by atoms with Crippen molar-refractivity contribution in [1.82, 2.24) is 0 Å². The van der Waals surface area contributed by atoms with Gasteiger partial charge in [-0.25, -0.2) is 0 Å². The van der Waals surface area contributed by atoms with Gasteiger partial charge in [-0.1, -0.05) is 50.3 Å². The van der Waals surface area contributed by atoms with Crippen LogP contribution in [0.25, 0.3) is 5.57 Å². The third-order valence-corrected chi connectivity index (χ3v) is 2.83. The number of ketones is 1. The lowest BCUT2D eigenvalue weighted by molar-refractivity contribution is -0.118. The van der Waals surface area contributed by atoms with E-state index >= 15 is 0 Å². The summed E-state index contributed by atoms with van der Waals surface area (Å²) in [5.74, 6) is 0.228. The molecule has 0 spiro atoms. The third-order valence-electron chi connectivity index (χ3n) is 2.83. The first kappa shape index (κ1) is 12.7. The zero-order valence-corrected chi connectivity index (χ0v) is 10.6. The van der Waals surface area contributed by atoms with Crippen LogP contribution in [-0.2, 0) is 10.2 Å². The molecular formula is C15H20O. The highest BCUT2D eigenvalue weighted by Crippen LogP contribution is 2.29. The van der Waals surface area contributed by atoms with E-state index in [-0.39, 0.29) is 11.2 Å². The lowest BCUT2D eigenvalue weighted by atomic mass is 9.79. The molecule has 0 bridgehead atoms. The van der Waals surface area contributed by atoms with Crippen LogP contribution >= 0.6 is 0 Å². The van der Waals surface area contributed by atoms with Gasteiger partial charge in [0, 0.05) is 6.42 Å². The second-order valence-electron chi connectivity index (χ2n) is 5.12. The van der Waals surface area contributed by atoms with Crippen molar-refractivity contribution in [1.29, 1.82) is 0 Å². The van der Waals surface area contributed by atoms with Crippen molar-refractivity contribution >= 4 is 11.4 Å². The monoisotopic (exact) mass is 216 g/mol. The SMILES string of the molecule is C=C(C)c1cccc(C(C)(C)CC(C)=O)c1. The van der Waals surface area contributed by atoms with Crippen molar-refractivity contribution in [3.8, 4) is 0 Å². The zero-order valence-electron chi connectivity index (χ0n) is 10.6. The normalized spacial score (nSPS) is 11.2. The van der Waals surface area contributed by atoms with Crippen molar-refractivity contribution in [2.45, 2.75) is 39.5 Å². The molecule has 0 fully saturated rings. The molecule has 1 aromatic carbocycles. The molecule has 0 aliphatic carbocycles. The summed E-state index contributed by atoms with van der Waals surface area (Å²) >= 11 is 0. The molecule has 16 heavy (non-hydrogen) atoms. The average Bonchev–Trinajstić information content (AvgIpc) is 2.16. The van der Waals surface area contributed by atoms with Gasteiger partial charge >= 0.3 is 0 Å². The van der Waals surface area contributed by atoms with Crippen molar-refractivity contribution in [3.05, 3.63) is 42.0 Å². The largest absolute Gasteiger partial charge is 0.300 e. The van der Waals surface area contributed by atoms with Crippen LogP contribution in [0.2, 0.25) is 0 Å². The Hall–Kier alpha value is -1.37. The topological polar surface area (TPSA) is 17.1 Å². The van der Waals surface area contributed by atoms with Crippen LogP contribution in [-0.4, -0.2) is 5.78 Å². The molecule has 1 aromatic rings. The highest BCUT2D eigenvalue weighted by atomic mass is 16.1. The van der Waals surface area contributed by atoms with E-state index < -0.39 is 0 Å². The number of rotatable bonds is 4. The van der Waals surface area contributed by atoms with Gasteiger partial charge in [0.05, 0.1) is 0 Å². The van der Waals surface area contributed by atoms with Gasteiger partial charge in [0.1, 0.15) is 5.78 Å². The first-order valence-electron chi connectivity index (χ1n) is 5.59. The Bertz CT molecular complexity index is 413. The number of allylic oxidation sites excluding steroid dienone is 1. The van der Waals surface area contributed by atoms with E-state index in [1.807, 2.05) is 13.0 Å². The summed E-state index contributed by atoms with van der Waals surface area (Å²) in [4.78, 5) is 11.2. The molecule has 1 nitrogen and oxygen atoms in total. The fourth-order valence-corrected chi connectivity index (χ4v) is 1.93. The van der Waals surface area contributed by atoms with Gasteiger partial charge < -0.3 is 0 Å². The maximum absolute atomic E-state index is 11.2. The number of hydrogen-bond acceptors (Lipinski definition) is 1. The smallest absolute Gasteiger partial charge is 0.130 e. The van der Waals surface area contributed by atoms with Crippen LogP contribution in [0.1, 0.15) is 45.2 Å². The summed E-state index contributed by atoms with van der Waals surface area (Å²) in [5.41, 5.74) is 3.30. The van der Waals surface area contributed by atoms with E-state index in [0.717, 1.165) is 11.1 Å². The van der Waals surface area contributed by atoms with Crippen molar-refractivity contribution in [2.24, 2.45) is 0 Å². The summed E-state index contributed by atoms with van der Waals surface area (Å²) in [6, 6.07) is 8.29. The van der Waals surface area contributed by atoms with Gasteiger partial charge in [-0.2, -0.15) is 0 Å². The van der Waals surface area contributed by atoms with Crippen LogP contribution in [0.3, 0.4) is 0 Å². The third kappa shape index (κ3) is 3.06. The van der Waals surface area contributed by atoms with Crippen molar-refractivity contribution < 1.29 is 4.79 Å². The first-order chi connectivity index (χ1) is 7.33. The predicted molar refractivity (Wildman–Crippen MR) is 69.5 cm³/mol. The number of carbonyl (C=O) groups is 1. The Morgan fingerprint density at radius 2 is 1.94 bits per heavy atom. The van der Waals surface area contributed by atoms with Crippen LogP contribution < -0.4 is 0 Å². The number of benzene rings is 1. The highest BCUT2D eigenvalue weighted by molar-refractivity contribution is 5.77. The number of carbonyl (C=O) groups excluding carboxylic acids is 1. The minimum atomic E-state index is -0.0999. The summed E-state index contributed by atoms with van der Waals surface area (Å²) < 4.78 is 0. The molecule has 0 atom stereocenters. The Labute approximate surface area is 98.2 Å². The molecule has 0 aromatic heterocycles. The molecule has 1 heteroatoms. The number of Topliss-reactive ketones (excluding diaryl/α,β-unsaturated/α-hetero) is 1. The maximum atomic E-state index is 11.2. The van der Waals surface area contributed by atoms with Crippen molar-refractivity contribution in [2.75, 3.05) is 0 Å². The van der Waals surface area contributed by atoms with Crippen LogP contribution in [0.15, 0.2) is 30.8 Å². The molecule has 0 saturated heterocycles. The van der Waals surface area contributed by atoms with Crippen molar-refractivity contribution in [3.63, 3.8) is 0 Å². The van der Waals surface area contributed by atoms with Crippen LogP contribution in [0.4, 0.5) is 0 Å². The lowest BCUT2D eigenvalue weighted by Crippen LogP contribution is -2.20. The molecule has 0 aliphatic heterocycles. The van der Waals surface area contributed by atoms with E-state index in [4.69, 9.17) is 0 Å². The second-order valence-corrected chi connectivity index (χ2v) is 5.12. The van der Waals surface area contributed by atoms with E-state index in [2.05, 4.69) is 38.6 Å². The maximum Gasteiger partial charge on any atom is 0.130 e. The molecule has 0 saturated carbocycles. The van der Waals surface area contributed by atoms with Crippen LogP contribution in [0.5, 0.6) is 0 Å². The Morgan fingerprint density at radius 1 is 1.31 bits per heavy atom. The molecule has 0 radical (unpaired) electrons. The Balaban J connectivity index is 3.07. The quantitative estimate of drug-likeness (QED) is 0.744. The van der Waals surface area contributed by atoms with Gasteiger partial charge in [0.15, 0.2) is 0 Å². The van der Waals surface area contributed by atoms with E-state index in [0.29, 0.717) is 6.42 Å². The van der Waals surface area contributed by atoms with Gasteiger partial charge in [-0.05, 0) is 30.4 Å². The highest BCUT2D eigenvalue weighted by Gasteiger charge is 2.22. The standard InChI is InChI=1S/C15H20O/c1-11(2)13-7-6-8-14(9-13)15(4,5)10-12(3)16/h6-9H,1,10H2,2-5H3. The fraction of sp³-hybridized carbons (Fsp3) is 0.400. The van der Waals surface area contributed by atoms with Gasteiger partial charge in [0.2, 0.25) is 0 Å². The average molecular weight is 216 g/mol. The predicted octanol–water partition coefficient (Wildman–Crippen LogP) is 3.98. The van der Waals surface area contributed by atoms with Gasteiger partial charge in [-0.15, -0.1) is 0 Å². The minimum Gasteiger partial charge on any atom is -0.300 e. The summed E-state index contributed by atoms with van der Waals surface area (Å²) in [6.07, 6.45) is 0.576. The Morgan fingerprint density at radius 3 is 2.44 bits per heavy atom. The summed E-state index contributed by atoms with van der Waals surface area (Å²) in [6.45, 7) is 11.8. The summed E-state index contributed by atoms with van der Waals surface area (Å²) in [5, 5.41) is 0. The number of hydrogen-bond donors (Lipinski definition) is 0. The van der Waals surface area contributed by atoms with E-state index in [1.165, 1.54) is 5.56 Å². The zero-order chi connectivity index (χ0) is 12.3.